The topological polar surface area (TPSA) is 90.4 Å². The summed E-state index contributed by atoms with van der Waals surface area (Å²) < 4.78 is 22.3. The number of benzene rings is 2. The molecule has 190 valence electrons. The summed E-state index contributed by atoms with van der Waals surface area (Å²) in [6, 6.07) is 16.1. The molecule has 2 aliphatic rings. The third-order valence-corrected chi connectivity index (χ3v) is 6.33. The van der Waals surface area contributed by atoms with E-state index in [0.29, 0.717) is 60.3 Å². The average molecular weight is 502 g/mol. The lowest BCUT2D eigenvalue weighted by molar-refractivity contribution is -0.133. The molecule has 0 bridgehead atoms. The Kier molecular flexibility index (Phi) is 6.93. The van der Waals surface area contributed by atoms with Gasteiger partial charge in [-0.15, -0.1) is 0 Å². The molecular formula is C28H27N3O6. The highest BCUT2D eigenvalue weighted by Crippen LogP contribution is 2.36. The van der Waals surface area contributed by atoms with Gasteiger partial charge >= 0.3 is 0 Å². The van der Waals surface area contributed by atoms with Gasteiger partial charge in [0.1, 0.15) is 28.8 Å². The molecule has 0 N–H and O–H groups in total. The summed E-state index contributed by atoms with van der Waals surface area (Å²) in [7, 11) is 3.13. The van der Waals surface area contributed by atoms with Crippen LogP contribution in [0, 0.1) is 0 Å². The molecule has 0 unspecified atom stereocenters. The van der Waals surface area contributed by atoms with Gasteiger partial charge in [-0.25, -0.2) is 4.98 Å². The van der Waals surface area contributed by atoms with Crippen molar-refractivity contribution in [2.24, 2.45) is 0 Å². The Labute approximate surface area is 214 Å². The van der Waals surface area contributed by atoms with Gasteiger partial charge in [-0.1, -0.05) is 6.07 Å². The quantitative estimate of drug-likeness (QED) is 0.455. The van der Waals surface area contributed by atoms with Crippen molar-refractivity contribution in [1.29, 1.82) is 0 Å². The minimum Gasteiger partial charge on any atom is -0.497 e. The van der Waals surface area contributed by atoms with Crippen LogP contribution in [0.25, 0.3) is 6.08 Å². The van der Waals surface area contributed by atoms with Gasteiger partial charge in [-0.3, -0.25) is 9.59 Å². The first-order valence-electron chi connectivity index (χ1n) is 11.9. The predicted octanol–water partition coefficient (Wildman–Crippen LogP) is 3.44. The summed E-state index contributed by atoms with van der Waals surface area (Å²) >= 11 is 0. The molecule has 1 aromatic heterocycles. The minimum absolute atomic E-state index is 0.0936. The normalized spacial score (nSPS) is 15.8. The molecule has 0 aliphatic carbocycles. The number of fused-ring (bicyclic) bond motifs is 1. The molecule has 0 radical (unpaired) electrons. The highest BCUT2D eigenvalue weighted by Gasteiger charge is 2.28. The Morgan fingerprint density at radius 1 is 1.00 bits per heavy atom. The molecule has 1 saturated heterocycles. The second-order valence-corrected chi connectivity index (χ2v) is 8.55. The van der Waals surface area contributed by atoms with Crippen LogP contribution in [0.5, 0.6) is 23.0 Å². The SMILES string of the molecule is COc1ccc(OC)c(C=C2Oc3cc(OCC(=O)N4CCN(c5ccccn5)CC4)ccc3C2=O)c1. The summed E-state index contributed by atoms with van der Waals surface area (Å²) in [4.78, 5) is 33.9. The molecule has 0 spiro atoms. The Hall–Kier alpha value is -4.53. The fourth-order valence-corrected chi connectivity index (χ4v) is 4.31. The Balaban J connectivity index is 1.20. The number of carbonyl (C=O) groups is 2. The van der Waals surface area contributed by atoms with E-state index in [0.717, 1.165) is 5.82 Å². The van der Waals surface area contributed by atoms with Crippen LogP contribution in [0.1, 0.15) is 15.9 Å². The van der Waals surface area contributed by atoms with E-state index in [1.807, 2.05) is 18.2 Å². The van der Waals surface area contributed by atoms with Gasteiger partial charge in [0.05, 0.1) is 19.8 Å². The summed E-state index contributed by atoms with van der Waals surface area (Å²) in [5.74, 6) is 2.80. The van der Waals surface area contributed by atoms with Crippen LogP contribution < -0.4 is 23.8 Å². The molecule has 2 aromatic carbocycles. The van der Waals surface area contributed by atoms with Gasteiger partial charge in [-0.2, -0.15) is 0 Å². The van der Waals surface area contributed by atoms with Crippen molar-refractivity contribution in [3.8, 4) is 23.0 Å². The number of ether oxygens (including phenoxy) is 4. The third kappa shape index (κ3) is 5.20. The lowest BCUT2D eigenvalue weighted by atomic mass is 10.1. The van der Waals surface area contributed by atoms with Crippen molar-refractivity contribution in [3.05, 3.63) is 77.7 Å². The van der Waals surface area contributed by atoms with Crippen LogP contribution in [-0.4, -0.2) is 68.6 Å². The Morgan fingerprint density at radius 3 is 2.54 bits per heavy atom. The molecule has 37 heavy (non-hydrogen) atoms. The molecule has 3 aromatic rings. The number of rotatable bonds is 7. The second kappa shape index (κ2) is 10.6. The van der Waals surface area contributed by atoms with Gasteiger partial charge in [0.25, 0.3) is 5.91 Å². The molecule has 1 amide bonds. The largest absolute Gasteiger partial charge is 0.497 e. The van der Waals surface area contributed by atoms with E-state index >= 15 is 0 Å². The first-order chi connectivity index (χ1) is 18.1. The zero-order chi connectivity index (χ0) is 25.8. The molecule has 1 fully saturated rings. The monoisotopic (exact) mass is 501 g/mol. The number of amides is 1. The lowest BCUT2D eigenvalue weighted by Crippen LogP contribution is -2.50. The van der Waals surface area contributed by atoms with Crippen LogP contribution in [0.15, 0.2) is 66.6 Å². The number of pyridine rings is 1. The van der Waals surface area contributed by atoms with Gasteiger partial charge in [-0.05, 0) is 48.5 Å². The fraction of sp³-hybridized carbons (Fsp3) is 0.250. The van der Waals surface area contributed by atoms with Crippen molar-refractivity contribution >= 4 is 23.6 Å². The zero-order valence-corrected chi connectivity index (χ0v) is 20.7. The first-order valence-corrected chi connectivity index (χ1v) is 11.9. The number of hydrogen-bond donors (Lipinski definition) is 0. The summed E-state index contributed by atoms with van der Waals surface area (Å²) in [5, 5.41) is 0. The lowest BCUT2D eigenvalue weighted by Gasteiger charge is -2.35. The highest BCUT2D eigenvalue weighted by atomic mass is 16.5. The standard InChI is InChI=1S/C28H27N3O6/c1-34-20-7-9-23(35-2)19(15-20)16-25-28(33)22-8-6-21(17-24(22)37-25)36-18-27(32)31-13-11-30(12-14-31)26-5-3-4-10-29-26/h3-10,15-17H,11-14,18H2,1-2H3. The zero-order valence-electron chi connectivity index (χ0n) is 20.7. The van der Waals surface area contributed by atoms with E-state index in [-0.39, 0.29) is 24.1 Å². The van der Waals surface area contributed by atoms with Crippen LogP contribution in [0.4, 0.5) is 5.82 Å². The van der Waals surface area contributed by atoms with Crippen LogP contribution >= 0.6 is 0 Å². The third-order valence-electron chi connectivity index (χ3n) is 6.33. The summed E-state index contributed by atoms with van der Waals surface area (Å²) in [6.45, 7) is 2.53. The molecular weight excluding hydrogens is 474 g/mol. The van der Waals surface area contributed by atoms with Crippen molar-refractivity contribution < 1.29 is 28.5 Å². The summed E-state index contributed by atoms with van der Waals surface area (Å²) in [5.41, 5.74) is 1.08. The van der Waals surface area contributed by atoms with Gasteiger partial charge in [0, 0.05) is 44.0 Å². The number of hydrogen-bond acceptors (Lipinski definition) is 8. The van der Waals surface area contributed by atoms with E-state index in [1.165, 1.54) is 0 Å². The van der Waals surface area contributed by atoms with Crippen molar-refractivity contribution in [1.82, 2.24) is 9.88 Å². The summed E-state index contributed by atoms with van der Waals surface area (Å²) in [6.07, 6.45) is 3.39. The molecule has 9 nitrogen and oxygen atoms in total. The second-order valence-electron chi connectivity index (χ2n) is 8.55. The van der Waals surface area contributed by atoms with E-state index in [1.54, 1.807) is 67.8 Å². The van der Waals surface area contributed by atoms with E-state index in [4.69, 9.17) is 18.9 Å². The number of aromatic nitrogens is 1. The van der Waals surface area contributed by atoms with E-state index in [9.17, 15) is 9.59 Å². The minimum atomic E-state index is -0.242. The fourth-order valence-electron chi connectivity index (χ4n) is 4.31. The maximum Gasteiger partial charge on any atom is 0.260 e. The van der Waals surface area contributed by atoms with Crippen molar-refractivity contribution in [2.45, 2.75) is 0 Å². The highest BCUT2D eigenvalue weighted by molar-refractivity contribution is 6.14. The number of ketones is 1. The molecule has 2 aliphatic heterocycles. The Bertz CT molecular complexity index is 1330. The molecule has 0 atom stereocenters. The number of anilines is 1. The smallest absolute Gasteiger partial charge is 0.260 e. The number of nitrogens with zero attached hydrogens (tertiary/aromatic N) is 3. The van der Waals surface area contributed by atoms with Crippen molar-refractivity contribution in [3.63, 3.8) is 0 Å². The van der Waals surface area contributed by atoms with Crippen LogP contribution in [0.3, 0.4) is 0 Å². The van der Waals surface area contributed by atoms with Crippen LogP contribution in [-0.2, 0) is 4.79 Å². The van der Waals surface area contributed by atoms with Gasteiger partial charge in [0.15, 0.2) is 12.4 Å². The van der Waals surface area contributed by atoms with Crippen molar-refractivity contribution in [2.75, 3.05) is 51.9 Å². The molecule has 5 rings (SSSR count). The number of allylic oxidation sites excluding steroid dienone is 1. The predicted molar refractivity (Wildman–Crippen MR) is 137 cm³/mol. The number of methoxy groups -OCH3 is 2. The number of piperazine rings is 1. The molecule has 9 heteroatoms. The average Bonchev–Trinajstić information content (AvgIpc) is 3.26. The van der Waals surface area contributed by atoms with Gasteiger partial charge < -0.3 is 28.7 Å². The van der Waals surface area contributed by atoms with Gasteiger partial charge in [0.2, 0.25) is 5.78 Å². The maximum atomic E-state index is 12.9. The molecule has 0 saturated carbocycles. The maximum absolute atomic E-state index is 12.9. The van der Waals surface area contributed by atoms with E-state index in [2.05, 4.69) is 9.88 Å². The molecule has 3 heterocycles. The number of Topliss-reactive ketones (excluding diaryl/α,β-unsaturated/α-hetero) is 1. The Morgan fingerprint density at radius 2 is 1.81 bits per heavy atom. The number of carbonyl (C=O) groups excluding carboxylic acids is 2. The van der Waals surface area contributed by atoms with Crippen LogP contribution in [0.2, 0.25) is 0 Å². The first kappa shape index (κ1) is 24.2. The van der Waals surface area contributed by atoms with E-state index < -0.39 is 0 Å².